The molecule has 0 unspecified atom stereocenters. The Hall–Kier alpha value is -1.60. The molecule has 1 aliphatic rings. The third-order valence-electron chi connectivity index (χ3n) is 2.83. The molecule has 0 saturated carbocycles. The van der Waals surface area contributed by atoms with Gasteiger partial charge in [0, 0.05) is 11.1 Å². The Morgan fingerprint density at radius 2 is 1.70 bits per heavy atom. The molecular weight excluding hydrogens is 309 g/mol. The summed E-state index contributed by atoms with van der Waals surface area (Å²) in [5, 5.41) is 8.28. The van der Waals surface area contributed by atoms with Gasteiger partial charge in [0.15, 0.2) is 0 Å². The highest BCUT2D eigenvalue weighted by molar-refractivity contribution is 5.95. The van der Waals surface area contributed by atoms with E-state index in [0.717, 1.165) is 12.1 Å². The van der Waals surface area contributed by atoms with Crippen molar-refractivity contribution in [2.45, 2.75) is 44.9 Å². The molecule has 0 atom stereocenters. The number of alkyl halides is 3. The molecule has 4 nitrogen and oxygen atoms in total. The molecule has 23 heavy (non-hydrogen) atoms. The van der Waals surface area contributed by atoms with Gasteiger partial charge in [-0.25, -0.2) is 4.99 Å². The summed E-state index contributed by atoms with van der Waals surface area (Å²) >= 11 is 0. The fraction of sp³-hybridized carbons (Fsp3) is 0.562. The molecule has 1 aromatic rings. The van der Waals surface area contributed by atoms with Crippen LogP contribution in [0.2, 0.25) is 0 Å². The fourth-order valence-electron chi connectivity index (χ4n) is 1.53. The number of benzene rings is 1. The van der Waals surface area contributed by atoms with E-state index in [0.29, 0.717) is 18.1 Å². The summed E-state index contributed by atoms with van der Waals surface area (Å²) in [5.41, 5.74) is 4.48. The van der Waals surface area contributed by atoms with Gasteiger partial charge in [0.1, 0.15) is 6.61 Å². The van der Waals surface area contributed by atoms with Gasteiger partial charge in [-0.15, -0.1) is 0 Å². The van der Waals surface area contributed by atoms with Crippen LogP contribution in [-0.4, -0.2) is 35.3 Å². The number of halogens is 3. The lowest BCUT2D eigenvalue weighted by Crippen LogP contribution is -2.35. The van der Waals surface area contributed by atoms with Gasteiger partial charge < -0.3 is 15.6 Å². The van der Waals surface area contributed by atoms with Crippen molar-refractivity contribution < 1.29 is 23.0 Å². The van der Waals surface area contributed by atoms with E-state index in [1.165, 1.54) is 12.1 Å². The first kappa shape index (κ1) is 19.4. The van der Waals surface area contributed by atoms with Crippen LogP contribution >= 0.6 is 0 Å². The Balaban J connectivity index is 0.000000379. The molecule has 0 aliphatic carbocycles. The van der Waals surface area contributed by atoms with Crippen LogP contribution in [0.15, 0.2) is 29.3 Å². The zero-order valence-electron chi connectivity index (χ0n) is 13.7. The quantitative estimate of drug-likeness (QED) is 0.875. The van der Waals surface area contributed by atoms with Crippen molar-refractivity contribution in [3.63, 3.8) is 0 Å². The second kappa shape index (κ2) is 6.88. The number of hydrogen-bond donors (Lipinski definition) is 2. The predicted octanol–water partition coefficient (Wildman–Crippen LogP) is 2.98. The SMILES string of the molecule is CC(C)(N)CO.CC1(C)COC(c2ccc(C(F)(F)F)cc2)=N1. The molecule has 1 heterocycles. The van der Waals surface area contributed by atoms with Crippen molar-refractivity contribution >= 4 is 5.90 Å². The number of ether oxygens (including phenoxy) is 1. The van der Waals surface area contributed by atoms with E-state index in [1.54, 1.807) is 13.8 Å². The van der Waals surface area contributed by atoms with Gasteiger partial charge in [-0.1, -0.05) is 0 Å². The minimum absolute atomic E-state index is 0.0486. The Labute approximate surface area is 134 Å². The molecule has 1 aromatic carbocycles. The van der Waals surface area contributed by atoms with E-state index in [4.69, 9.17) is 15.6 Å². The van der Waals surface area contributed by atoms with E-state index in [2.05, 4.69) is 4.99 Å². The number of aliphatic imine (C=N–C) groups is 1. The van der Waals surface area contributed by atoms with Crippen molar-refractivity contribution in [1.82, 2.24) is 0 Å². The molecule has 3 N–H and O–H groups in total. The molecule has 0 aromatic heterocycles. The smallest absolute Gasteiger partial charge is 0.416 e. The van der Waals surface area contributed by atoms with E-state index in [1.807, 2.05) is 13.8 Å². The second-order valence-corrected chi connectivity index (χ2v) is 6.74. The highest BCUT2D eigenvalue weighted by Gasteiger charge is 2.31. The molecule has 0 saturated heterocycles. The van der Waals surface area contributed by atoms with Crippen LogP contribution in [-0.2, 0) is 10.9 Å². The van der Waals surface area contributed by atoms with Crippen molar-refractivity contribution in [2.24, 2.45) is 10.7 Å². The molecule has 0 radical (unpaired) electrons. The molecule has 1 aliphatic heterocycles. The Kier molecular flexibility index (Phi) is 5.82. The first-order chi connectivity index (χ1) is 10.3. The minimum Gasteiger partial charge on any atom is -0.475 e. The van der Waals surface area contributed by atoms with Crippen LogP contribution in [0, 0.1) is 0 Å². The zero-order chi connectivity index (χ0) is 17.9. The zero-order valence-corrected chi connectivity index (χ0v) is 13.7. The second-order valence-electron chi connectivity index (χ2n) is 6.74. The average Bonchev–Trinajstić information content (AvgIpc) is 2.78. The maximum absolute atomic E-state index is 12.4. The molecular formula is C16H23F3N2O2. The van der Waals surface area contributed by atoms with Crippen molar-refractivity contribution in [3.8, 4) is 0 Å². The normalized spacial score (nSPS) is 17.0. The number of aliphatic hydroxyl groups is 1. The third kappa shape index (κ3) is 6.58. The summed E-state index contributed by atoms with van der Waals surface area (Å²) in [6.45, 7) is 7.85. The first-order valence-electron chi connectivity index (χ1n) is 7.14. The highest BCUT2D eigenvalue weighted by atomic mass is 19.4. The summed E-state index contributed by atoms with van der Waals surface area (Å²) < 4.78 is 42.4. The number of rotatable bonds is 2. The van der Waals surface area contributed by atoms with Crippen LogP contribution in [0.25, 0.3) is 0 Å². The van der Waals surface area contributed by atoms with E-state index < -0.39 is 17.3 Å². The van der Waals surface area contributed by atoms with Crippen molar-refractivity contribution in [3.05, 3.63) is 35.4 Å². The van der Waals surface area contributed by atoms with Gasteiger partial charge in [0.25, 0.3) is 0 Å². The Morgan fingerprint density at radius 1 is 1.22 bits per heavy atom. The fourth-order valence-corrected chi connectivity index (χ4v) is 1.53. The summed E-state index contributed by atoms with van der Waals surface area (Å²) in [7, 11) is 0. The van der Waals surface area contributed by atoms with E-state index in [9.17, 15) is 13.2 Å². The lowest BCUT2D eigenvalue weighted by molar-refractivity contribution is -0.137. The Morgan fingerprint density at radius 3 is 2.00 bits per heavy atom. The Bertz CT molecular complexity index is 544. The number of nitrogens with zero attached hydrogens (tertiary/aromatic N) is 1. The van der Waals surface area contributed by atoms with Crippen molar-refractivity contribution in [2.75, 3.05) is 13.2 Å². The molecule has 0 bridgehead atoms. The summed E-state index contributed by atoms with van der Waals surface area (Å²) in [5.74, 6) is 0.406. The van der Waals surface area contributed by atoms with Crippen LogP contribution in [0.5, 0.6) is 0 Å². The van der Waals surface area contributed by atoms with Crippen LogP contribution in [0.3, 0.4) is 0 Å². The largest absolute Gasteiger partial charge is 0.475 e. The van der Waals surface area contributed by atoms with Crippen LogP contribution < -0.4 is 5.73 Å². The number of nitrogens with two attached hydrogens (primary N) is 1. The topological polar surface area (TPSA) is 67.8 Å². The molecule has 0 amide bonds. The summed E-state index contributed by atoms with van der Waals surface area (Å²) in [6.07, 6.45) is -4.31. The highest BCUT2D eigenvalue weighted by Crippen LogP contribution is 2.29. The molecule has 0 fully saturated rings. The van der Waals surface area contributed by atoms with Gasteiger partial charge in [-0.3, -0.25) is 0 Å². The standard InChI is InChI=1S/C12H12F3NO.C4H11NO/c1-11(2)7-17-10(16-11)8-3-5-9(6-4-8)12(13,14)15;1-4(2,5)3-6/h3-6H,7H2,1-2H3;6H,3,5H2,1-2H3. The van der Waals surface area contributed by atoms with Crippen molar-refractivity contribution in [1.29, 1.82) is 0 Å². The van der Waals surface area contributed by atoms with Gasteiger partial charge in [0.05, 0.1) is 17.7 Å². The lowest BCUT2D eigenvalue weighted by Gasteiger charge is -2.12. The first-order valence-corrected chi connectivity index (χ1v) is 7.14. The van der Waals surface area contributed by atoms with Gasteiger partial charge in [-0.05, 0) is 52.0 Å². The van der Waals surface area contributed by atoms with E-state index >= 15 is 0 Å². The van der Waals surface area contributed by atoms with Gasteiger partial charge >= 0.3 is 6.18 Å². The maximum atomic E-state index is 12.4. The van der Waals surface area contributed by atoms with Crippen LogP contribution in [0.4, 0.5) is 13.2 Å². The number of hydrogen-bond acceptors (Lipinski definition) is 4. The lowest BCUT2D eigenvalue weighted by atomic mass is 10.1. The third-order valence-corrected chi connectivity index (χ3v) is 2.83. The van der Waals surface area contributed by atoms with Gasteiger partial charge in [-0.2, -0.15) is 13.2 Å². The maximum Gasteiger partial charge on any atom is 0.416 e. The summed E-state index contributed by atoms with van der Waals surface area (Å²) in [6, 6.07) is 4.82. The molecule has 0 spiro atoms. The monoisotopic (exact) mass is 332 g/mol. The summed E-state index contributed by atoms with van der Waals surface area (Å²) in [4.78, 5) is 4.30. The van der Waals surface area contributed by atoms with E-state index in [-0.39, 0.29) is 12.1 Å². The number of aliphatic hydroxyl groups excluding tert-OH is 1. The molecule has 7 heteroatoms. The minimum atomic E-state index is -4.31. The van der Waals surface area contributed by atoms with Crippen LogP contribution in [0.1, 0.15) is 38.8 Å². The van der Waals surface area contributed by atoms with Gasteiger partial charge in [0.2, 0.25) is 5.90 Å². The molecule has 2 rings (SSSR count). The molecule has 130 valence electrons. The average molecular weight is 332 g/mol. The predicted molar refractivity (Wildman–Crippen MR) is 83.4 cm³/mol.